The van der Waals surface area contributed by atoms with Crippen LogP contribution in [0, 0.1) is 0 Å². The number of imide groups is 1. The fourth-order valence-corrected chi connectivity index (χ4v) is 4.01. The van der Waals surface area contributed by atoms with Crippen molar-refractivity contribution < 1.29 is 37.0 Å². The van der Waals surface area contributed by atoms with E-state index in [9.17, 15) is 22.8 Å². The number of carbonyl (C=O) groups is 2. The molecule has 8 nitrogen and oxygen atoms in total. The summed E-state index contributed by atoms with van der Waals surface area (Å²) in [6.07, 6.45) is -3.24. The van der Waals surface area contributed by atoms with Crippen molar-refractivity contribution in [3.8, 4) is 23.0 Å². The highest BCUT2D eigenvalue weighted by molar-refractivity contribution is 7.82. The number of halogens is 4. The molecule has 0 saturated carbocycles. The van der Waals surface area contributed by atoms with Crippen LogP contribution in [0.5, 0.6) is 23.0 Å². The van der Waals surface area contributed by atoms with Gasteiger partial charge in [0, 0.05) is 17.6 Å². The van der Waals surface area contributed by atoms with Gasteiger partial charge in [-0.1, -0.05) is 36.5 Å². The number of fused-ring (bicyclic) bond motifs is 1. The number of nitrogens with one attached hydrogen (secondary N) is 1. The zero-order valence-electron chi connectivity index (χ0n) is 20.2. The standard InChI is InChI=1S/C26H19ClF3N3O5S/c1-36-22-12-16-19(13-23(22)37-2)31-10-9-20(16)38-21-8-7-14(11-18(21)27)33(39)25(35)32-24(34)15-5-3-4-6-17(15)26(28,29)30/h3-13,39H,1-2H3,(H,32,34,35). The van der Waals surface area contributed by atoms with Crippen LogP contribution in [0.2, 0.25) is 5.02 Å². The van der Waals surface area contributed by atoms with Crippen LogP contribution >= 0.6 is 24.4 Å². The van der Waals surface area contributed by atoms with Crippen molar-refractivity contribution in [2.24, 2.45) is 0 Å². The zero-order valence-corrected chi connectivity index (χ0v) is 21.9. The first-order valence-corrected chi connectivity index (χ1v) is 11.8. The first-order valence-electron chi connectivity index (χ1n) is 11.0. The Bertz CT molecular complexity index is 1570. The average molecular weight is 578 g/mol. The Morgan fingerprint density at radius 3 is 2.31 bits per heavy atom. The summed E-state index contributed by atoms with van der Waals surface area (Å²) in [5.41, 5.74) is -1.19. The molecule has 0 saturated heterocycles. The normalized spacial score (nSPS) is 11.2. The number of nitrogens with zero attached hydrogens (tertiary/aromatic N) is 2. The number of thiol groups is 1. The predicted octanol–water partition coefficient (Wildman–Crippen LogP) is 6.92. The second-order valence-corrected chi connectivity index (χ2v) is 8.67. The summed E-state index contributed by atoms with van der Waals surface area (Å²) in [5.74, 6) is 0.345. The quantitative estimate of drug-likeness (QED) is 0.242. The van der Waals surface area contributed by atoms with Crippen LogP contribution in [0.3, 0.4) is 0 Å². The maximum absolute atomic E-state index is 13.2. The molecule has 4 aromatic rings. The van der Waals surface area contributed by atoms with E-state index in [0.717, 1.165) is 22.5 Å². The summed E-state index contributed by atoms with van der Waals surface area (Å²) < 4.78 is 57.1. The highest BCUT2D eigenvalue weighted by Gasteiger charge is 2.35. The van der Waals surface area contributed by atoms with Gasteiger partial charge in [0.25, 0.3) is 5.91 Å². The number of benzene rings is 3. The number of anilines is 1. The fraction of sp³-hybridized carbons (Fsp3) is 0.115. The molecule has 4 rings (SSSR count). The van der Waals surface area contributed by atoms with Crippen LogP contribution in [-0.2, 0) is 6.18 Å². The Morgan fingerprint density at radius 2 is 1.64 bits per heavy atom. The number of ether oxygens (including phenoxy) is 3. The average Bonchev–Trinajstić information content (AvgIpc) is 2.92. The third-order valence-electron chi connectivity index (χ3n) is 5.48. The van der Waals surface area contributed by atoms with E-state index in [1.54, 1.807) is 24.4 Å². The van der Waals surface area contributed by atoms with Crippen molar-refractivity contribution in [2.45, 2.75) is 6.18 Å². The molecule has 0 spiro atoms. The van der Waals surface area contributed by atoms with Crippen molar-refractivity contribution in [3.05, 3.63) is 83.0 Å². The lowest BCUT2D eigenvalue weighted by molar-refractivity contribution is -0.137. The van der Waals surface area contributed by atoms with Crippen molar-refractivity contribution in [2.75, 3.05) is 18.5 Å². The Morgan fingerprint density at radius 1 is 0.949 bits per heavy atom. The number of methoxy groups -OCH3 is 2. The summed E-state index contributed by atoms with van der Waals surface area (Å²) >= 11 is 10.5. The highest BCUT2D eigenvalue weighted by Crippen LogP contribution is 2.39. The molecular weight excluding hydrogens is 559 g/mol. The van der Waals surface area contributed by atoms with Gasteiger partial charge in [-0.3, -0.25) is 15.1 Å². The van der Waals surface area contributed by atoms with Gasteiger partial charge in [0.05, 0.1) is 41.6 Å². The third kappa shape index (κ3) is 5.96. The van der Waals surface area contributed by atoms with Crippen LogP contribution in [0.15, 0.2) is 66.9 Å². The number of amides is 3. The lowest BCUT2D eigenvalue weighted by Gasteiger charge is -2.18. The maximum Gasteiger partial charge on any atom is 0.417 e. The van der Waals surface area contributed by atoms with Gasteiger partial charge in [-0.25, -0.2) is 9.10 Å². The van der Waals surface area contributed by atoms with E-state index in [2.05, 4.69) is 17.8 Å². The molecule has 1 heterocycles. The molecule has 1 aromatic heterocycles. The molecule has 1 N–H and O–H groups in total. The van der Waals surface area contributed by atoms with Crippen LogP contribution in [0.1, 0.15) is 15.9 Å². The van der Waals surface area contributed by atoms with Gasteiger partial charge in [0.1, 0.15) is 11.5 Å². The van der Waals surface area contributed by atoms with Crippen LogP contribution < -0.4 is 23.8 Å². The molecule has 0 aliphatic rings. The summed E-state index contributed by atoms with van der Waals surface area (Å²) in [5, 5.41) is 2.59. The number of hydrogen-bond donors (Lipinski definition) is 2. The van der Waals surface area contributed by atoms with Gasteiger partial charge in [-0.05, 0) is 42.5 Å². The number of hydrogen-bond acceptors (Lipinski definition) is 7. The number of urea groups is 1. The van der Waals surface area contributed by atoms with Gasteiger partial charge in [0.2, 0.25) is 0 Å². The van der Waals surface area contributed by atoms with Crippen molar-refractivity contribution in [1.29, 1.82) is 0 Å². The Kier molecular flexibility index (Phi) is 8.07. The molecule has 0 radical (unpaired) electrons. The van der Waals surface area contributed by atoms with E-state index in [1.165, 1.54) is 38.5 Å². The lowest BCUT2D eigenvalue weighted by atomic mass is 10.1. The van der Waals surface area contributed by atoms with Gasteiger partial charge in [0.15, 0.2) is 11.5 Å². The highest BCUT2D eigenvalue weighted by atomic mass is 35.5. The lowest BCUT2D eigenvalue weighted by Crippen LogP contribution is -2.39. The third-order valence-corrected chi connectivity index (χ3v) is 6.18. The summed E-state index contributed by atoms with van der Waals surface area (Å²) in [4.78, 5) is 29.3. The first kappa shape index (κ1) is 27.9. The Hall–Kier alpha value is -4.16. The van der Waals surface area contributed by atoms with Crippen LogP contribution in [0.25, 0.3) is 10.9 Å². The fourth-order valence-electron chi connectivity index (χ4n) is 3.62. The smallest absolute Gasteiger partial charge is 0.417 e. The minimum absolute atomic E-state index is 0.0820. The van der Waals surface area contributed by atoms with E-state index in [1.807, 2.05) is 5.32 Å². The molecule has 0 atom stereocenters. The second kappa shape index (κ2) is 11.3. The molecule has 0 bridgehead atoms. The SMILES string of the molecule is COc1cc2nccc(Oc3ccc(N(S)C(=O)NC(=O)c4ccccc4C(F)(F)F)cc3Cl)c2cc1OC. The molecule has 13 heteroatoms. The van der Waals surface area contributed by atoms with E-state index in [4.69, 9.17) is 25.8 Å². The van der Waals surface area contributed by atoms with Gasteiger partial charge in [-0.15, -0.1) is 0 Å². The van der Waals surface area contributed by atoms with Crippen molar-refractivity contribution in [3.63, 3.8) is 0 Å². The predicted molar refractivity (Wildman–Crippen MR) is 142 cm³/mol. The number of alkyl halides is 3. The second-order valence-electron chi connectivity index (χ2n) is 7.86. The summed E-state index contributed by atoms with van der Waals surface area (Å²) in [7, 11) is 3.01. The molecule has 0 aliphatic heterocycles. The Balaban J connectivity index is 1.54. The van der Waals surface area contributed by atoms with Gasteiger partial charge < -0.3 is 14.2 Å². The first-order chi connectivity index (χ1) is 18.5. The number of carbonyl (C=O) groups excluding carboxylic acids is 2. The van der Waals surface area contributed by atoms with Crippen LogP contribution in [0.4, 0.5) is 23.7 Å². The van der Waals surface area contributed by atoms with E-state index in [-0.39, 0.29) is 16.5 Å². The number of pyridine rings is 1. The largest absolute Gasteiger partial charge is 0.493 e. The minimum Gasteiger partial charge on any atom is -0.493 e. The summed E-state index contributed by atoms with van der Waals surface area (Å²) in [6, 6.07) is 12.3. The number of rotatable bonds is 6. The molecule has 202 valence electrons. The van der Waals surface area contributed by atoms with Crippen LogP contribution in [-0.4, -0.2) is 31.1 Å². The topological polar surface area (TPSA) is 90.0 Å². The van der Waals surface area contributed by atoms with E-state index >= 15 is 0 Å². The molecular formula is C26H19ClF3N3O5S. The van der Waals surface area contributed by atoms with E-state index in [0.29, 0.717) is 28.2 Å². The summed E-state index contributed by atoms with van der Waals surface area (Å²) in [6.45, 7) is 0. The van der Waals surface area contributed by atoms with E-state index < -0.39 is 29.2 Å². The van der Waals surface area contributed by atoms with Gasteiger partial charge in [-0.2, -0.15) is 13.2 Å². The molecule has 0 fully saturated rings. The minimum atomic E-state index is -4.78. The molecule has 0 aliphatic carbocycles. The Labute approximate surface area is 230 Å². The molecule has 0 unspecified atom stereocenters. The van der Waals surface area contributed by atoms with Crippen molar-refractivity contribution >= 4 is 52.9 Å². The monoisotopic (exact) mass is 577 g/mol. The van der Waals surface area contributed by atoms with Gasteiger partial charge >= 0.3 is 12.2 Å². The maximum atomic E-state index is 13.2. The molecule has 39 heavy (non-hydrogen) atoms. The molecule has 3 amide bonds. The molecule has 3 aromatic carbocycles. The number of aromatic nitrogens is 1. The van der Waals surface area contributed by atoms with Crippen molar-refractivity contribution in [1.82, 2.24) is 10.3 Å². The zero-order chi connectivity index (χ0) is 28.3.